The molecular weight excluding hydrogens is 316 g/mol. The monoisotopic (exact) mass is 348 g/mol. The van der Waals surface area contributed by atoms with E-state index in [0.717, 1.165) is 31.0 Å². The Morgan fingerprint density at radius 2 is 1.88 bits per heavy atom. The zero-order valence-electron chi connectivity index (χ0n) is 16.4. The number of nitrogens with zero attached hydrogens (tertiary/aromatic N) is 1. The second kappa shape index (κ2) is 8.56. The van der Waals surface area contributed by atoms with Gasteiger partial charge in [0, 0.05) is 19.0 Å². The van der Waals surface area contributed by atoms with E-state index in [0.29, 0.717) is 12.3 Å². The van der Waals surface area contributed by atoms with Gasteiger partial charge in [-0.05, 0) is 49.1 Å². The lowest BCUT2D eigenvalue weighted by Gasteiger charge is -2.40. The Bertz CT molecular complexity index is 601. The summed E-state index contributed by atoms with van der Waals surface area (Å²) in [6.07, 6.45) is 1.54. The van der Waals surface area contributed by atoms with E-state index in [9.17, 15) is 4.79 Å². The first-order valence-corrected chi connectivity index (χ1v) is 9.19. The Balaban J connectivity index is 2.33. The summed E-state index contributed by atoms with van der Waals surface area (Å²) in [5, 5.41) is 3.20. The number of amides is 1. The Morgan fingerprint density at radius 3 is 2.44 bits per heavy atom. The van der Waals surface area contributed by atoms with Crippen LogP contribution in [-0.4, -0.2) is 44.2 Å². The standard InChI is InChI=1S/C20H32N2O3/c1-7-22-9-8-15-11-17(24-5)18(25-6)12-16(15)20(22)14(4)21-19(23)10-13(2)3/h11-14,20H,7-10H2,1-6H3,(H,21,23). The highest BCUT2D eigenvalue weighted by Crippen LogP contribution is 2.39. The molecule has 1 amide bonds. The Labute approximate surface area is 151 Å². The summed E-state index contributed by atoms with van der Waals surface area (Å²) < 4.78 is 11.0. The topological polar surface area (TPSA) is 50.8 Å². The maximum Gasteiger partial charge on any atom is 0.220 e. The Morgan fingerprint density at radius 1 is 1.24 bits per heavy atom. The first-order chi connectivity index (χ1) is 11.9. The van der Waals surface area contributed by atoms with E-state index in [2.05, 4.69) is 50.0 Å². The van der Waals surface area contributed by atoms with Crippen LogP contribution in [0.4, 0.5) is 0 Å². The number of carbonyl (C=O) groups excluding carboxylic acids is 1. The molecular formula is C20H32N2O3. The first-order valence-electron chi connectivity index (χ1n) is 9.19. The molecule has 5 nitrogen and oxygen atoms in total. The zero-order valence-corrected chi connectivity index (χ0v) is 16.4. The number of hydrogen-bond acceptors (Lipinski definition) is 4. The molecule has 0 radical (unpaired) electrons. The largest absolute Gasteiger partial charge is 0.493 e. The van der Waals surface area contributed by atoms with E-state index in [4.69, 9.17) is 9.47 Å². The average Bonchev–Trinajstić information content (AvgIpc) is 2.58. The lowest BCUT2D eigenvalue weighted by molar-refractivity contribution is -0.122. The van der Waals surface area contributed by atoms with Crippen LogP contribution in [0.3, 0.4) is 0 Å². The van der Waals surface area contributed by atoms with Crippen LogP contribution < -0.4 is 14.8 Å². The van der Waals surface area contributed by atoms with Gasteiger partial charge in [-0.1, -0.05) is 20.8 Å². The van der Waals surface area contributed by atoms with Crippen LogP contribution in [-0.2, 0) is 11.2 Å². The van der Waals surface area contributed by atoms with E-state index < -0.39 is 0 Å². The molecule has 1 heterocycles. The van der Waals surface area contributed by atoms with Crippen molar-refractivity contribution in [3.05, 3.63) is 23.3 Å². The fourth-order valence-electron chi connectivity index (χ4n) is 3.73. The van der Waals surface area contributed by atoms with Crippen LogP contribution in [0.2, 0.25) is 0 Å². The van der Waals surface area contributed by atoms with Crippen molar-refractivity contribution in [2.24, 2.45) is 5.92 Å². The summed E-state index contributed by atoms with van der Waals surface area (Å²) >= 11 is 0. The molecule has 0 fully saturated rings. The van der Waals surface area contributed by atoms with E-state index >= 15 is 0 Å². The van der Waals surface area contributed by atoms with Crippen molar-refractivity contribution in [2.45, 2.75) is 52.6 Å². The molecule has 0 aliphatic carbocycles. The van der Waals surface area contributed by atoms with Crippen molar-refractivity contribution in [1.29, 1.82) is 0 Å². The lowest BCUT2D eigenvalue weighted by Crippen LogP contribution is -2.47. The average molecular weight is 348 g/mol. The van der Waals surface area contributed by atoms with Gasteiger partial charge in [-0.25, -0.2) is 0 Å². The van der Waals surface area contributed by atoms with Crippen LogP contribution in [0.25, 0.3) is 0 Å². The second-order valence-electron chi connectivity index (χ2n) is 7.18. The molecule has 5 heteroatoms. The fourth-order valence-corrected chi connectivity index (χ4v) is 3.73. The predicted octanol–water partition coefficient (Wildman–Crippen LogP) is 3.17. The number of hydrogen-bond donors (Lipinski definition) is 1. The maximum absolute atomic E-state index is 12.3. The van der Waals surface area contributed by atoms with Crippen molar-refractivity contribution < 1.29 is 14.3 Å². The molecule has 1 aliphatic heterocycles. The Kier molecular flexibility index (Phi) is 6.71. The SMILES string of the molecule is CCN1CCc2cc(OC)c(OC)cc2C1C(C)NC(=O)CC(C)C. The molecule has 2 rings (SSSR count). The number of methoxy groups -OCH3 is 2. The minimum absolute atomic E-state index is 0.0309. The Hall–Kier alpha value is -1.75. The second-order valence-corrected chi connectivity index (χ2v) is 7.18. The molecule has 1 N–H and O–H groups in total. The summed E-state index contributed by atoms with van der Waals surface area (Å²) in [4.78, 5) is 14.7. The van der Waals surface area contributed by atoms with Gasteiger partial charge < -0.3 is 14.8 Å². The van der Waals surface area contributed by atoms with E-state index in [-0.39, 0.29) is 18.0 Å². The normalized spacial score (nSPS) is 18.6. The van der Waals surface area contributed by atoms with Crippen LogP contribution >= 0.6 is 0 Å². The zero-order chi connectivity index (χ0) is 18.6. The summed E-state index contributed by atoms with van der Waals surface area (Å²) in [5.41, 5.74) is 2.50. The van der Waals surface area contributed by atoms with Gasteiger partial charge in [0.2, 0.25) is 5.91 Å². The van der Waals surface area contributed by atoms with Crippen molar-refractivity contribution in [3.63, 3.8) is 0 Å². The number of fused-ring (bicyclic) bond motifs is 1. The van der Waals surface area contributed by atoms with Gasteiger partial charge in [0.05, 0.1) is 20.3 Å². The van der Waals surface area contributed by atoms with Crippen LogP contribution in [0.5, 0.6) is 11.5 Å². The number of benzene rings is 1. The van der Waals surface area contributed by atoms with Crippen molar-refractivity contribution >= 4 is 5.91 Å². The third-order valence-corrected chi connectivity index (χ3v) is 4.89. The molecule has 0 aromatic heterocycles. The molecule has 0 bridgehead atoms. The molecule has 0 saturated carbocycles. The summed E-state index contributed by atoms with van der Waals surface area (Å²) in [5.74, 6) is 1.98. The van der Waals surface area contributed by atoms with Gasteiger partial charge in [-0.15, -0.1) is 0 Å². The molecule has 2 atom stereocenters. The van der Waals surface area contributed by atoms with E-state index in [1.54, 1.807) is 14.2 Å². The number of carbonyl (C=O) groups is 1. The van der Waals surface area contributed by atoms with Crippen molar-refractivity contribution in [1.82, 2.24) is 10.2 Å². The van der Waals surface area contributed by atoms with Crippen molar-refractivity contribution in [3.8, 4) is 11.5 Å². The number of likely N-dealkylation sites (N-methyl/N-ethyl adjacent to an activating group) is 1. The molecule has 140 valence electrons. The van der Waals surface area contributed by atoms with Gasteiger partial charge in [0.1, 0.15) is 0 Å². The molecule has 25 heavy (non-hydrogen) atoms. The van der Waals surface area contributed by atoms with Gasteiger partial charge in [0.15, 0.2) is 11.5 Å². The molecule has 0 saturated heterocycles. The summed E-state index contributed by atoms with van der Waals surface area (Å²) in [7, 11) is 3.32. The third-order valence-electron chi connectivity index (χ3n) is 4.89. The fraction of sp³-hybridized carbons (Fsp3) is 0.650. The van der Waals surface area contributed by atoms with Crippen LogP contribution in [0.15, 0.2) is 12.1 Å². The third kappa shape index (κ3) is 4.46. The number of rotatable bonds is 7. The summed E-state index contributed by atoms with van der Waals surface area (Å²) in [6, 6.07) is 4.33. The highest BCUT2D eigenvalue weighted by Gasteiger charge is 2.32. The highest BCUT2D eigenvalue weighted by molar-refractivity contribution is 5.76. The minimum Gasteiger partial charge on any atom is -0.493 e. The maximum atomic E-state index is 12.3. The number of ether oxygens (including phenoxy) is 2. The summed E-state index contributed by atoms with van der Waals surface area (Å²) in [6.45, 7) is 10.3. The predicted molar refractivity (Wildman–Crippen MR) is 100 cm³/mol. The van der Waals surface area contributed by atoms with E-state index in [1.165, 1.54) is 11.1 Å². The van der Waals surface area contributed by atoms with Gasteiger partial charge in [-0.3, -0.25) is 9.69 Å². The highest BCUT2D eigenvalue weighted by atomic mass is 16.5. The number of nitrogens with one attached hydrogen (secondary N) is 1. The first kappa shape index (κ1) is 19.6. The molecule has 1 aromatic carbocycles. The molecule has 1 aliphatic rings. The van der Waals surface area contributed by atoms with E-state index in [1.807, 2.05) is 0 Å². The molecule has 0 spiro atoms. The van der Waals surface area contributed by atoms with Crippen LogP contribution in [0, 0.1) is 5.92 Å². The van der Waals surface area contributed by atoms with Gasteiger partial charge in [-0.2, -0.15) is 0 Å². The molecule has 2 unspecified atom stereocenters. The molecule has 1 aromatic rings. The van der Waals surface area contributed by atoms with Gasteiger partial charge in [0.25, 0.3) is 0 Å². The van der Waals surface area contributed by atoms with Gasteiger partial charge >= 0.3 is 0 Å². The lowest BCUT2D eigenvalue weighted by atomic mass is 9.88. The van der Waals surface area contributed by atoms with Crippen molar-refractivity contribution in [2.75, 3.05) is 27.3 Å². The quantitative estimate of drug-likeness (QED) is 0.822. The smallest absolute Gasteiger partial charge is 0.220 e. The minimum atomic E-state index is 0.0309. The van der Waals surface area contributed by atoms with Crippen LogP contribution in [0.1, 0.15) is 51.3 Å².